The summed E-state index contributed by atoms with van der Waals surface area (Å²) in [6, 6.07) is 12.3. The van der Waals surface area contributed by atoms with Gasteiger partial charge in [-0.15, -0.1) is 0 Å². The second-order valence-corrected chi connectivity index (χ2v) is 8.29. The van der Waals surface area contributed by atoms with Crippen molar-refractivity contribution >= 4 is 44.4 Å². The van der Waals surface area contributed by atoms with Crippen LogP contribution in [0.15, 0.2) is 42.5 Å². The molecule has 0 aliphatic carbocycles. The zero-order chi connectivity index (χ0) is 22.7. The number of carbonyl (C=O) groups excluding carboxylic acids is 3. The maximum atomic E-state index is 13.4. The number of aromatic nitrogens is 1. The minimum Gasteiger partial charge on any atom is -0.385 e. The van der Waals surface area contributed by atoms with Gasteiger partial charge in [-0.3, -0.25) is 24.2 Å². The molecule has 9 heteroatoms. The molecule has 0 bridgehead atoms. The molecule has 1 aliphatic heterocycles. The van der Waals surface area contributed by atoms with E-state index in [9.17, 15) is 14.4 Å². The van der Waals surface area contributed by atoms with Gasteiger partial charge in [-0.2, -0.15) is 0 Å². The first-order valence-corrected chi connectivity index (χ1v) is 11.0. The summed E-state index contributed by atoms with van der Waals surface area (Å²) in [6.45, 7) is 1.36. The van der Waals surface area contributed by atoms with E-state index in [1.54, 1.807) is 31.3 Å². The highest BCUT2D eigenvalue weighted by Crippen LogP contribution is 2.30. The highest BCUT2D eigenvalue weighted by atomic mass is 32.1. The van der Waals surface area contributed by atoms with Gasteiger partial charge in [0.15, 0.2) is 5.13 Å². The van der Waals surface area contributed by atoms with Crippen molar-refractivity contribution in [2.75, 3.05) is 45.4 Å². The van der Waals surface area contributed by atoms with Crippen LogP contribution in [-0.4, -0.2) is 68.1 Å². The highest BCUT2D eigenvalue weighted by Gasteiger charge is 2.36. The van der Waals surface area contributed by atoms with Crippen LogP contribution in [0.2, 0.25) is 0 Å². The molecule has 4 rings (SSSR count). The number of hydrogen-bond acceptors (Lipinski definition) is 7. The Hall–Kier alpha value is -3.14. The van der Waals surface area contributed by atoms with Gasteiger partial charge in [0.2, 0.25) is 0 Å². The molecule has 2 heterocycles. The predicted molar refractivity (Wildman–Crippen MR) is 121 cm³/mol. The fraction of sp³-hybridized carbons (Fsp3) is 0.304. The van der Waals surface area contributed by atoms with Gasteiger partial charge in [-0.25, -0.2) is 4.98 Å². The predicted octanol–water partition coefficient (Wildman–Crippen LogP) is 3.22. The fourth-order valence-electron chi connectivity index (χ4n) is 3.59. The van der Waals surface area contributed by atoms with Crippen LogP contribution in [0.1, 0.15) is 37.5 Å². The molecule has 0 atom stereocenters. The molecule has 0 saturated carbocycles. The molecule has 0 spiro atoms. The standard InChI is InChI=1S/C23H23N3O5S/c1-30-12-5-10-25-21(28)16-9-8-15(14-17(16)22(25)29)20(27)26(11-13-31-2)23-24-18-6-3-4-7-19(18)32-23/h3-4,6-9,14H,5,10-13H2,1-2H3. The number of amides is 3. The third-order valence-electron chi connectivity index (χ3n) is 5.23. The average Bonchev–Trinajstić information content (AvgIpc) is 3.34. The van der Waals surface area contributed by atoms with E-state index in [0.29, 0.717) is 42.4 Å². The first-order valence-electron chi connectivity index (χ1n) is 10.2. The summed E-state index contributed by atoms with van der Waals surface area (Å²) in [6.07, 6.45) is 0.552. The number of rotatable bonds is 9. The molecular formula is C23H23N3O5S. The first-order chi connectivity index (χ1) is 15.5. The van der Waals surface area contributed by atoms with Crippen LogP contribution in [0.25, 0.3) is 10.2 Å². The fourth-order valence-corrected chi connectivity index (χ4v) is 4.58. The van der Waals surface area contributed by atoms with E-state index in [4.69, 9.17) is 9.47 Å². The first kappa shape index (κ1) is 22.1. The number of hydrogen-bond donors (Lipinski definition) is 0. The van der Waals surface area contributed by atoms with Crippen molar-refractivity contribution in [1.82, 2.24) is 9.88 Å². The van der Waals surface area contributed by atoms with Crippen LogP contribution < -0.4 is 4.90 Å². The largest absolute Gasteiger partial charge is 0.385 e. The van der Waals surface area contributed by atoms with Crippen molar-refractivity contribution < 1.29 is 23.9 Å². The average molecular weight is 454 g/mol. The monoisotopic (exact) mass is 453 g/mol. The minimum absolute atomic E-state index is 0.245. The summed E-state index contributed by atoms with van der Waals surface area (Å²) in [5, 5.41) is 0.553. The lowest BCUT2D eigenvalue weighted by molar-refractivity contribution is 0.0638. The molecule has 32 heavy (non-hydrogen) atoms. The van der Waals surface area contributed by atoms with Crippen molar-refractivity contribution in [1.29, 1.82) is 0 Å². The van der Waals surface area contributed by atoms with E-state index in [1.807, 2.05) is 24.3 Å². The molecule has 0 N–H and O–H groups in total. The summed E-state index contributed by atoms with van der Waals surface area (Å²) >= 11 is 1.41. The van der Waals surface area contributed by atoms with Gasteiger partial charge in [0.1, 0.15) is 0 Å². The molecule has 0 fully saturated rings. The van der Waals surface area contributed by atoms with Crippen LogP contribution in [0.3, 0.4) is 0 Å². The van der Waals surface area contributed by atoms with E-state index >= 15 is 0 Å². The number of fused-ring (bicyclic) bond motifs is 2. The van der Waals surface area contributed by atoms with E-state index in [0.717, 1.165) is 10.2 Å². The molecule has 0 radical (unpaired) electrons. The molecular weight excluding hydrogens is 430 g/mol. The topological polar surface area (TPSA) is 89.0 Å². The molecule has 0 unspecified atom stereocenters. The quantitative estimate of drug-likeness (QED) is 0.365. The number of anilines is 1. The van der Waals surface area contributed by atoms with Crippen molar-refractivity contribution in [2.45, 2.75) is 6.42 Å². The second-order valence-electron chi connectivity index (χ2n) is 7.28. The molecule has 8 nitrogen and oxygen atoms in total. The van der Waals surface area contributed by atoms with Crippen molar-refractivity contribution in [3.63, 3.8) is 0 Å². The van der Waals surface area contributed by atoms with Crippen molar-refractivity contribution in [2.24, 2.45) is 0 Å². The van der Waals surface area contributed by atoms with Gasteiger partial charge in [0.05, 0.1) is 34.5 Å². The minimum atomic E-state index is -0.390. The molecule has 3 amide bonds. The lowest BCUT2D eigenvalue weighted by Gasteiger charge is -2.19. The van der Waals surface area contributed by atoms with Gasteiger partial charge in [0.25, 0.3) is 17.7 Å². The maximum Gasteiger partial charge on any atom is 0.261 e. The molecule has 2 aromatic carbocycles. The van der Waals surface area contributed by atoms with Crippen LogP contribution in [0.5, 0.6) is 0 Å². The van der Waals surface area contributed by atoms with Gasteiger partial charge in [-0.05, 0) is 36.8 Å². The summed E-state index contributed by atoms with van der Waals surface area (Å²) in [5.41, 5.74) is 1.68. The Labute approximate surface area is 189 Å². The Morgan fingerprint density at radius 2 is 1.78 bits per heavy atom. The van der Waals surface area contributed by atoms with Gasteiger partial charge in [-0.1, -0.05) is 23.5 Å². The number of nitrogens with zero attached hydrogens (tertiary/aromatic N) is 3. The number of methoxy groups -OCH3 is 2. The molecule has 1 aromatic heterocycles. The lowest BCUT2D eigenvalue weighted by atomic mass is 10.0. The number of thiazole rings is 1. The Kier molecular flexibility index (Phi) is 6.59. The lowest BCUT2D eigenvalue weighted by Crippen LogP contribution is -2.34. The zero-order valence-electron chi connectivity index (χ0n) is 17.9. The van der Waals surface area contributed by atoms with E-state index in [2.05, 4.69) is 4.98 Å². The molecule has 166 valence electrons. The van der Waals surface area contributed by atoms with E-state index < -0.39 is 0 Å². The van der Waals surface area contributed by atoms with E-state index in [-0.39, 0.29) is 29.8 Å². The maximum absolute atomic E-state index is 13.4. The summed E-state index contributed by atoms with van der Waals surface area (Å²) in [4.78, 5) is 46.2. The second kappa shape index (κ2) is 9.56. The van der Waals surface area contributed by atoms with Gasteiger partial charge in [0, 0.05) is 32.9 Å². The third-order valence-corrected chi connectivity index (χ3v) is 6.28. The molecule has 0 saturated heterocycles. The third kappa shape index (κ3) is 4.14. The number of imide groups is 1. The number of benzene rings is 2. The Morgan fingerprint density at radius 1 is 1.03 bits per heavy atom. The zero-order valence-corrected chi connectivity index (χ0v) is 18.7. The van der Waals surface area contributed by atoms with Crippen LogP contribution >= 0.6 is 11.3 Å². The molecule has 3 aromatic rings. The summed E-state index contributed by atoms with van der Waals surface area (Å²) < 4.78 is 11.2. The van der Waals surface area contributed by atoms with Gasteiger partial charge < -0.3 is 9.47 Å². The SMILES string of the molecule is COCCCN1C(=O)c2ccc(C(=O)N(CCOC)c3nc4ccccc4s3)cc2C1=O. The summed E-state index contributed by atoms with van der Waals surface area (Å²) in [5.74, 6) is -1.04. The Morgan fingerprint density at radius 3 is 2.53 bits per heavy atom. The number of carbonyl (C=O) groups is 3. The normalized spacial score (nSPS) is 13.1. The van der Waals surface area contributed by atoms with E-state index in [1.165, 1.54) is 22.3 Å². The highest BCUT2D eigenvalue weighted by molar-refractivity contribution is 7.22. The molecule has 1 aliphatic rings. The van der Waals surface area contributed by atoms with Crippen LogP contribution in [0, 0.1) is 0 Å². The van der Waals surface area contributed by atoms with Crippen LogP contribution in [0.4, 0.5) is 5.13 Å². The van der Waals surface area contributed by atoms with Gasteiger partial charge >= 0.3 is 0 Å². The van der Waals surface area contributed by atoms with Crippen molar-refractivity contribution in [3.8, 4) is 0 Å². The summed E-state index contributed by atoms with van der Waals surface area (Å²) in [7, 11) is 3.14. The van der Waals surface area contributed by atoms with Crippen LogP contribution in [-0.2, 0) is 9.47 Å². The Bertz CT molecular complexity index is 1140. The van der Waals surface area contributed by atoms with Crippen molar-refractivity contribution in [3.05, 3.63) is 59.2 Å². The smallest absolute Gasteiger partial charge is 0.261 e. The Balaban J connectivity index is 1.63. The number of ether oxygens (including phenoxy) is 2. The number of para-hydroxylation sites is 1.